The summed E-state index contributed by atoms with van der Waals surface area (Å²) in [7, 11) is 1.97. The van der Waals surface area contributed by atoms with Gasteiger partial charge in [0.1, 0.15) is 6.10 Å². The molecule has 0 bridgehead atoms. The second-order valence-electron chi connectivity index (χ2n) is 6.60. The lowest BCUT2D eigenvalue weighted by atomic mass is 9.66. The van der Waals surface area contributed by atoms with Gasteiger partial charge in [-0.3, -0.25) is 4.79 Å². The molecule has 0 amide bonds. The molecule has 3 nitrogen and oxygen atoms in total. The highest BCUT2D eigenvalue weighted by molar-refractivity contribution is 5.66. The van der Waals surface area contributed by atoms with Crippen molar-refractivity contribution in [1.29, 1.82) is 0 Å². The standard InChI is InChI=1S/C22H29NO2/c1-5-21(25-18(3)24)22(16-17(2)23-4,19-12-8-6-9-13-19)20-14-10-7-11-15-20/h6-15,17,21,23H,5,16H2,1-4H3/t17-,21-/m0/s1. The van der Waals surface area contributed by atoms with Gasteiger partial charge < -0.3 is 10.1 Å². The van der Waals surface area contributed by atoms with E-state index in [2.05, 4.69) is 67.7 Å². The number of carbonyl (C=O) groups is 1. The normalized spacial score (nSPS) is 13.9. The Bertz CT molecular complexity index is 615. The van der Waals surface area contributed by atoms with Crippen LogP contribution in [0.2, 0.25) is 0 Å². The Morgan fingerprint density at radius 1 is 1.04 bits per heavy atom. The van der Waals surface area contributed by atoms with Crippen LogP contribution in [0.1, 0.15) is 44.7 Å². The van der Waals surface area contributed by atoms with Crippen LogP contribution in [0.4, 0.5) is 0 Å². The maximum atomic E-state index is 11.8. The lowest BCUT2D eigenvalue weighted by molar-refractivity contribution is -0.149. The SMILES string of the molecule is CC[C@H](OC(C)=O)C(C[C@H](C)NC)(c1ccccc1)c1ccccc1. The minimum atomic E-state index is -0.397. The summed E-state index contributed by atoms with van der Waals surface area (Å²) in [4.78, 5) is 11.8. The van der Waals surface area contributed by atoms with Gasteiger partial charge in [0.25, 0.3) is 0 Å². The van der Waals surface area contributed by atoms with E-state index in [0.29, 0.717) is 0 Å². The quantitative estimate of drug-likeness (QED) is 0.728. The van der Waals surface area contributed by atoms with E-state index in [1.165, 1.54) is 18.1 Å². The van der Waals surface area contributed by atoms with Crippen molar-refractivity contribution in [3.05, 3.63) is 71.8 Å². The first-order valence-corrected chi connectivity index (χ1v) is 9.00. The van der Waals surface area contributed by atoms with Crippen LogP contribution >= 0.6 is 0 Å². The number of rotatable bonds is 8. The zero-order valence-electron chi connectivity index (χ0n) is 15.7. The largest absolute Gasteiger partial charge is 0.461 e. The van der Waals surface area contributed by atoms with Gasteiger partial charge in [0.2, 0.25) is 0 Å². The second-order valence-corrected chi connectivity index (χ2v) is 6.60. The average molecular weight is 339 g/mol. The number of hydrogen-bond donors (Lipinski definition) is 1. The molecule has 1 N–H and O–H groups in total. The first-order chi connectivity index (χ1) is 12.0. The van der Waals surface area contributed by atoms with Crippen LogP contribution in [0.3, 0.4) is 0 Å². The highest BCUT2D eigenvalue weighted by Crippen LogP contribution is 2.42. The van der Waals surface area contributed by atoms with Crippen molar-refractivity contribution in [1.82, 2.24) is 5.32 Å². The molecule has 0 unspecified atom stereocenters. The summed E-state index contributed by atoms with van der Waals surface area (Å²) in [5, 5.41) is 3.35. The fraction of sp³-hybridized carbons (Fsp3) is 0.409. The first-order valence-electron chi connectivity index (χ1n) is 9.00. The molecule has 0 aliphatic carbocycles. The molecule has 0 aliphatic heterocycles. The van der Waals surface area contributed by atoms with E-state index in [1.54, 1.807) is 0 Å². The Morgan fingerprint density at radius 2 is 1.52 bits per heavy atom. The molecule has 25 heavy (non-hydrogen) atoms. The topological polar surface area (TPSA) is 38.3 Å². The predicted octanol–water partition coefficient (Wildman–Crippen LogP) is 4.31. The number of nitrogens with one attached hydrogen (secondary N) is 1. The molecule has 0 heterocycles. The first kappa shape index (κ1) is 19.2. The molecule has 134 valence electrons. The summed E-state index contributed by atoms with van der Waals surface area (Å²) in [5.41, 5.74) is 1.96. The number of esters is 1. The van der Waals surface area contributed by atoms with Gasteiger partial charge in [-0.25, -0.2) is 0 Å². The van der Waals surface area contributed by atoms with Crippen LogP contribution in [0.25, 0.3) is 0 Å². The van der Waals surface area contributed by atoms with Crippen molar-refractivity contribution >= 4 is 5.97 Å². The minimum Gasteiger partial charge on any atom is -0.461 e. The predicted molar refractivity (Wildman–Crippen MR) is 103 cm³/mol. The Kier molecular flexibility index (Phi) is 6.77. The smallest absolute Gasteiger partial charge is 0.302 e. The number of benzene rings is 2. The average Bonchev–Trinajstić information content (AvgIpc) is 2.65. The highest BCUT2D eigenvalue weighted by atomic mass is 16.5. The van der Waals surface area contributed by atoms with Gasteiger partial charge in [-0.15, -0.1) is 0 Å². The van der Waals surface area contributed by atoms with Crippen LogP contribution in [-0.2, 0) is 14.9 Å². The van der Waals surface area contributed by atoms with E-state index >= 15 is 0 Å². The van der Waals surface area contributed by atoms with Crippen molar-refractivity contribution in [3.63, 3.8) is 0 Å². The zero-order chi connectivity index (χ0) is 18.3. The number of ether oxygens (including phenoxy) is 1. The highest BCUT2D eigenvalue weighted by Gasteiger charge is 2.44. The summed E-state index contributed by atoms with van der Waals surface area (Å²) < 4.78 is 5.85. The molecule has 2 atom stereocenters. The van der Waals surface area contributed by atoms with Gasteiger partial charge in [0.05, 0.1) is 5.41 Å². The van der Waals surface area contributed by atoms with E-state index in [4.69, 9.17) is 4.74 Å². The molecular weight excluding hydrogens is 310 g/mol. The van der Waals surface area contributed by atoms with Gasteiger partial charge in [0, 0.05) is 13.0 Å². The van der Waals surface area contributed by atoms with E-state index in [-0.39, 0.29) is 18.1 Å². The van der Waals surface area contributed by atoms with Gasteiger partial charge in [0.15, 0.2) is 0 Å². The van der Waals surface area contributed by atoms with Gasteiger partial charge >= 0.3 is 5.97 Å². The van der Waals surface area contributed by atoms with E-state index in [0.717, 1.165) is 12.8 Å². The molecule has 0 saturated heterocycles. The molecule has 2 rings (SSSR count). The third kappa shape index (κ3) is 4.29. The number of carbonyl (C=O) groups excluding carboxylic acids is 1. The lowest BCUT2D eigenvalue weighted by Crippen LogP contribution is -2.47. The summed E-state index contributed by atoms with van der Waals surface area (Å²) in [6.45, 7) is 5.74. The fourth-order valence-electron chi connectivity index (χ4n) is 3.69. The Morgan fingerprint density at radius 3 is 1.88 bits per heavy atom. The van der Waals surface area contributed by atoms with Crippen LogP contribution in [-0.4, -0.2) is 25.2 Å². The lowest BCUT2D eigenvalue weighted by Gasteiger charge is -2.42. The Hall–Kier alpha value is -2.13. The Labute approximate surface area is 151 Å². The van der Waals surface area contributed by atoms with Crippen LogP contribution in [0.15, 0.2) is 60.7 Å². The monoisotopic (exact) mass is 339 g/mol. The minimum absolute atomic E-state index is 0.231. The van der Waals surface area contributed by atoms with Gasteiger partial charge in [-0.1, -0.05) is 67.6 Å². The number of hydrogen-bond acceptors (Lipinski definition) is 3. The van der Waals surface area contributed by atoms with Crippen molar-refractivity contribution < 1.29 is 9.53 Å². The third-order valence-corrected chi connectivity index (χ3v) is 4.93. The molecule has 0 aliphatic rings. The molecule has 3 heteroatoms. The summed E-state index contributed by atoms with van der Waals surface area (Å²) >= 11 is 0. The zero-order valence-corrected chi connectivity index (χ0v) is 15.7. The molecule has 0 saturated carbocycles. The summed E-state index contributed by atoms with van der Waals surface area (Å²) in [6.07, 6.45) is 1.36. The fourth-order valence-corrected chi connectivity index (χ4v) is 3.69. The van der Waals surface area contributed by atoms with Crippen molar-refractivity contribution in [2.45, 2.75) is 51.2 Å². The maximum absolute atomic E-state index is 11.8. The van der Waals surface area contributed by atoms with Crippen LogP contribution in [0, 0.1) is 0 Å². The molecule has 0 radical (unpaired) electrons. The van der Waals surface area contributed by atoms with Crippen molar-refractivity contribution in [2.24, 2.45) is 0 Å². The van der Waals surface area contributed by atoms with E-state index in [1.807, 2.05) is 19.2 Å². The second kappa shape index (κ2) is 8.82. The van der Waals surface area contributed by atoms with E-state index in [9.17, 15) is 4.79 Å². The van der Waals surface area contributed by atoms with Crippen molar-refractivity contribution in [2.75, 3.05) is 7.05 Å². The molecule has 2 aromatic carbocycles. The molecule has 2 aromatic rings. The van der Waals surface area contributed by atoms with Crippen molar-refractivity contribution in [3.8, 4) is 0 Å². The maximum Gasteiger partial charge on any atom is 0.302 e. The van der Waals surface area contributed by atoms with Gasteiger partial charge in [-0.05, 0) is 37.9 Å². The molecular formula is C22H29NO2. The van der Waals surface area contributed by atoms with Gasteiger partial charge in [-0.2, -0.15) is 0 Å². The molecule has 0 aromatic heterocycles. The Balaban J connectivity index is 2.70. The third-order valence-electron chi connectivity index (χ3n) is 4.93. The summed E-state index contributed by atoms with van der Waals surface area (Å²) in [5.74, 6) is -0.236. The molecule has 0 spiro atoms. The van der Waals surface area contributed by atoms with E-state index < -0.39 is 5.41 Å². The molecule has 0 fully saturated rings. The van der Waals surface area contributed by atoms with Crippen LogP contribution in [0.5, 0.6) is 0 Å². The summed E-state index contributed by atoms with van der Waals surface area (Å²) in [6, 6.07) is 21.1. The van der Waals surface area contributed by atoms with Crippen LogP contribution < -0.4 is 5.32 Å².